The number of aromatic nitrogens is 3. The molecule has 0 radical (unpaired) electrons. The first kappa shape index (κ1) is 11.3. The summed E-state index contributed by atoms with van der Waals surface area (Å²) in [6, 6.07) is 1.69. The van der Waals surface area contributed by atoms with Crippen LogP contribution in [0.15, 0.2) is 12.3 Å². The molecule has 0 bridgehead atoms. The van der Waals surface area contributed by atoms with Gasteiger partial charge in [-0.3, -0.25) is 0 Å². The van der Waals surface area contributed by atoms with Gasteiger partial charge in [0.05, 0.1) is 5.75 Å². The summed E-state index contributed by atoms with van der Waals surface area (Å²) in [6.45, 7) is 1.86. The third-order valence-electron chi connectivity index (χ3n) is 2.33. The van der Waals surface area contributed by atoms with E-state index in [2.05, 4.69) is 9.97 Å². The van der Waals surface area contributed by atoms with Crippen LogP contribution in [0.3, 0.4) is 0 Å². The molecule has 0 N–H and O–H groups in total. The van der Waals surface area contributed by atoms with Gasteiger partial charge in [0.1, 0.15) is 11.3 Å². The van der Waals surface area contributed by atoms with Crippen molar-refractivity contribution in [3.63, 3.8) is 0 Å². The highest BCUT2D eigenvalue weighted by Gasteiger charge is 2.11. The topological polar surface area (TPSA) is 64.8 Å². The lowest BCUT2D eigenvalue weighted by Crippen LogP contribution is -1.97. The van der Waals surface area contributed by atoms with E-state index in [0.717, 1.165) is 11.5 Å². The molecule has 5 nitrogen and oxygen atoms in total. The minimum Gasteiger partial charge on any atom is -0.316 e. The van der Waals surface area contributed by atoms with Gasteiger partial charge < -0.3 is 4.57 Å². The second kappa shape index (κ2) is 3.71. The Morgan fingerprint density at radius 3 is 2.81 bits per heavy atom. The zero-order valence-electron chi connectivity index (χ0n) is 8.81. The van der Waals surface area contributed by atoms with E-state index >= 15 is 0 Å². The maximum Gasteiger partial charge on any atom is 0.236 e. The lowest BCUT2D eigenvalue weighted by atomic mass is 10.3. The first-order valence-corrected chi connectivity index (χ1v) is 7.05. The maximum atomic E-state index is 10.9. The molecule has 0 saturated heterocycles. The molecule has 0 aliphatic rings. The minimum atomic E-state index is -3.55. The molecule has 0 aliphatic carbocycles. The number of fused-ring (bicyclic) bond motifs is 1. The predicted octanol–water partition coefficient (Wildman–Crippen LogP) is 1.35. The van der Waals surface area contributed by atoms with Crippen molar-refractivity contribution in [2.45, 2.75) is 12.7 Å². The highest BCUT2D eigenvalue weighted by molar-refractivity contribution is 8.13. The van der Waals surface area contributed by atoms with Crippen LogP contribution < -0.4 is 0 Å². The van der Waals surface area contributed by atoms with Crippen LogP contribution >= 0.6 is 10.7 Å². The Bertz CT molecular complexity index is 648. The fourth-order valence-corrected chi connectivity index (χ4v) is 2.44. The van der Waals surface area contributed by atoms with Crippen molar-refractivity contribution in [3.05, 3.63) is 23.7 Å². The largest absolute Gasteiger partial charge is 0.316 e. The predicted molar refractivity (Wildman–Crippen MR) is 61.7 cm³/mol. The highest BCUT2D eigenvalue weighted by atomic mass is 35.7. The monoisotopic (exact) mass is 259 g/mol. The Hall–Kier alpha value is -1.14. The van der Waals surface area contributed by atoms with Gasteiger partial charge in [0.25, 0.3) is 0 Å². The van der Waals surface area contributed by atoms with Crippen molar-refractivity contribution in [1.29, 1.82) is 0 Å². The summed E-state index contributed by atoms with van der Waals surface area (Å²) in [6.07, 6.45) is 1.50. The average molecular weight is 260 g/mol. The van der Waals surface area contributed by atoms with Gasteiger partial charge in [-0.15, -0.1) is 0 Å². The van der Waals surface area contributed by atoms with E-state index in [1.807, 2.05) is 18.5 Å². The number of halogens is 1. The van der Waals surface area contributed by atoms with E-state index in [-0.39, 0.29) is 5.75 Å². The van der Waals surface area contributed by atoms with Gasteiger partial charge in [0.15, 0.2) is 5.65 Å². The lowest BCUT2D eigenvalue weighted by molar-refractivity contribution is 0.609. The fourth-order valence-electron chi connectivity index (χ4n) is 1.51. The maximum absolute atomic E-state index is 10.9. The number of rotatable bonds is 2. The first-order valence-electron chi connectivity index (χ1n) is 4.57. The molecular weight excluding hydrogens is 250 g/mol. The third kappa shape index (κ3) is 2.17. The zero-order valence-corrected chi connectivity index (χ0v) is 10.4. The lowest BCUT2D eigenvalue weighted by Gasteiger charge is -1.98. The van der Waals surface area contributed by atoms with Gasteiger partial charge in [-0.2, -0.15) is 0 Å². The van der Waals surface area contributed by atoms with Gasteiger partial charge in [0, 0.05) is 23.9 Å². The molecule has 0 spiro atoms. The van der Waals surface area contributed by atoms with Gasteiger partial charge in [-0.05, 0) is 18.6 Å². The minimum absolute atomic E-state index is 0.229. The van der Waals surface area contributed by atoms with Crippen LogP contribution in [0.2, 0.25) is 0 Å². The van der Waals surface area contributed by atoms with Crippen molar-refractivity contribution in [2.24, 2.45) is 7.05 Å². The molecule has 86 valence electrons. The second-order valence-corrected chi connectivity index (χ2v) is 6.36. The molecule has 0 aromatic carbocycles. The van der Waals surface area contributed by atoms with Crippen LogP contribution in [0.5, 0.6) is 0 Å². The second-order valence-electron chi connectivity index (χ2n) is 3.59. The third-order valence-corrected chi connectivity index (χ3v) is 3.33. The van der Waals surface area contributed by atoms with Crippen molar-refractivity contribution in [2.75, 3.05) is 0 Å². The smallest absolute Gasteiger partial charge is 0.236 e. The molecule has 0 saturated carbocycles. The van der Waals surface area contributed by atoms with Crippen LogP contribution in [-0.4, -0.2) is 23.0 Å². The summed E-state index contributed by atoms with van der Waals surface area (Å²) in [5.41, 5.74) is 1.95. The summed E-state index contributed by atoms with van der Waals surface area (Å²) in [7, 11) is 3.48. The molecule has 2 heterocycles. The molecule has 0 atom stereocenters. The molecule has 0 amide bonds. The van der Waals surface area contributed by atoms with Crippen molar-refractivity contribution < 1.29 is 8.42 Å². The van der Waals surface area contributed by atoms with Gasteiger partial charge in [0.2, 0.25) is 9.05 Å². The molecule has 2 aromatic rings. The Labute approximate surface area is 97.5 Å². The van der Waals surface area contributed by atoms with Crippen LogP contribution in [-0.2, 0) is 21.9 Å². The molecule has 7 heteroatoms. The summed E-state index contributed by atoms with van der Waals surface area (Å²) in [5, 5.41) is 0. The van der Waals surface area contributed by atoms with Crippen molar-refractivity contribution in [1.82, 2.24) is 14.5 Å². The number of imidazole rings is 1. The number of aryl methyl sites for hydroxylation is 2. The van der Waals surface area contributed by atoms with Gasteiger partial charge in [-0.1, -0.05) is 0 Å². The molecule has 0 unspecified atom stereocenters. The van der Waals surface area contributed by atoms with Crippen LogP contribution in [0.4, 0.5) is 0 Å². The SMILES string of the molecule is Cc1nc2cc(CS(=O)(=O)Cl)cnc2n1C. The fraction of sp³-hybridized carbons (Fsp3) is 0.333. The Morgan fingerprint density at radius 1 is 1.50 bits per heavy atom. The first-order chi connectivity index (χ1) is 7.37. The summed E-state index contributed by atoms with van der Waals surface area (Å²) >= 11 is 0. The quantitative estimate of drug-likeness (QED) is 0.764. The molecule has 2 rings (SSSR count). The molecular formula is C9H10ClN3O2S. The summed E-state index contributed by atoms with van der Waals surface area (Å²) in [4.78, 5) is 8.43. The standard InChI is InChI=1S/C9H10ClN3O2S/c1-6-12-8-3-7(5-16(10,14)15)4-11-9(8)13(6)2/h3-4H,5H2,1-2H3. The number of nitrogens with zero attached hydrogens (tertiary/aromatic N) is 3. The van der Waals surface area contributed by atoms with E-state index in [1.165, 1.54) is 6.20 Å². The highest BCUT2D eigenvalue weighted by Crippen LogP contribution is 2.16. The molecule has 0 aliphatic heterocycles. The molecule has 2 aromatic heterocycles. The van der Waals surface area contributed by atoms with E-state index in [0.29, 0.717) is 11.1 Å². The zero-order chi connectivity index (χ0) is 11.9. The summed E-state index contributed by atoms with van der Waals surface area (Å²) < 4.78 is 23.7. The van der Waals surface area contributed by atoms with Crippen LogP contribution in [0.25, 0.3) is 11.2 Å². The van der Waals surface area contributed by atoms with Gasteiger partial charge >= 0.3 is 0 Å². The average Bonchev–Trinajstić information content (AvgIpc) is 2.40. The summed E-state index contributed by atoms with van der Waals surface area (Å²) in [5.74, 6) is 0.598. The van der Waals surface area contributed by atoms with E-state index < -0.39 is 9.05 Å². The Kier molecular flexibility index (Phi) is 2.63. The van der Waals surface area contributed by atoms with E-state index in [4.69, 9.17) is 10.7 Å². The molecule has 0 fully saturated rings. The van der Waals surface area contributed by atoms with E-state index in [9.17, 15) is 8.42 Å². The molecule has 16 heavy (non-hydrogen) atoms. The normalized spacial score (nSPS) is 12.2. The number of hydrogen-bond donors (Lipinski definition) is 0. The number of hydrogen-bond acceptors (Lipinski definition) is 4. The van der Waals surface area contributed by atoms with Crippen molar-refractivity contribution >= 4 is 30.9 Å². The van der Waals surface area contributed by atoms with Crippen molar-refractivity contribution in [3.8, 4) is 0 Å². The Morgan fingerprint density at radius 2 is 2.19 bits per heavy atom. The van der Waals surface area contributed by atoms with Gasteiger partial charge in [-0.25, -0.2) is 18.4 Å². The van der Waals surface area contributed by atoms with E-state index in [1.54, 1.807) is 6.07 Å². The van der Waals surface area contributed by atoms with Crippen LogP contribution in [0, 0.1) is 6.92 Å². The Balaban J connectivity index is 2.53. The van der Waals surface area contributed by atoms with Crippen LogP contribution in [0.1, 0.15) is 11.4 Å². The number of pyridine rings is 1.